The maximum atomic E-state index is 13.2. The molecule has 6 aromatic carbocycles. The smallest absolute Gasteiger partial charge is 0.434 e. The van der Waals surface area contributed by atoms with Gasteiger partial charge in [-0.15, -0.1) is 0 Å². The molecule has 0 unspecified atom stereocenters. The van der Waals surface area contributed by atoms with Crippen LogP contribution in [-0.2, 0) is 22.3 Å². The largest absolute Gasteiger partial charge is 0.513 e. The fourth-order valence-corrected chi connectivity index (χ4v) is 7.52. The van der Waals surface area contributed by atoms with Gasteiger partial charge in [0.15, 0.2) is 0 Å². The molecule has 0 aromatic heterocycles. The Morgan fingerprint density at radius 3 is 1.19 bits per heavy atom. The topological polar surface area (TPSA) is 71.1 Å². The Kier molecular flexibility index (Phi) is 13.4. The standard InChI is InChI=1S/C48H54O6/c1-5-9-11-13-19-29-51-47(49)53-45-37-23-17-15-21-35(37)43(41-31-33(7-3)25-27-39(41)45)44-36-22-16-18-24-38(36)46(40-28-26-34(8-4)32-42(40)44)54-48(50)52-30-20-14-12-10-6-2/h15-18,21-28,31-32H,5-14,19-20,29-30H2,1-4H3. The summed E-state index contributed by atoms with van der Waals surface area (Å²) in [6, 6.07) is 29.0. The molecule has 0 atom stereocenters. The van der Waals surface area contributed by atoms with Gasteiger partial charge >= 0.3 is 12.3 Å². The molecule has 0 heterocycles. The number of carbonyl (C=O) groups is 2. The van der Waals surface area contributed by atoms with E-state index >= 15 is 0 Å². The second-order valence-electron chi connectivity index (χ2n) is 14.2. The van der Waals surface area contributed by atoms with Crippen LogP contribution in [-0.4, -0.2) is 25.5 Å². The van der Waals surface area contributed by atoms with E-state index in [0.717, 1.165) is 118 Å². The van der Waals surface area contributed by atoms with Crippen LogP contribution in [0, 0.1) is 0 Å². The fourth-order valence-electron chi connectivity index (χ4n) is 7.52. The summed E-state index contributed by atoms with van der Waals surface area (Å²) >= 11 is 0. The van der Waals surface area contributed by atoms with Gasteiger partial charge in [0.05, 0.1) is 13.2 Å². The van der Waals surface area contributed by atoms with Gasteiger partial charge < -0.3 is 18.9 Å². The van der Waals surface area contributed by atoms with Gasteiger partial charge in [-0.3, -0.25) is 0 Å². The van der Waals surface area contributed by atoms with E-state index < -0.39 is 12.3 Å². The molecule has 282 valence electrons. The lowest BCUT2D eigenvalue weighted by Crippen LogP contribution is -2.12. The highest BCUT2D eigenvalue weighted by atomic mass is 16.7. The molecule has 6 nitrogen and oxygen atoms in total. The average molecular weight is 727 g/mol. The van der Waals surface area contributed by atoms with Crippen LogP contribution >= 0.6 is 0 Å². The number of aryl methyl sites for hydroxylation is 2. The van der Waals surface area contributed by atoms with Crippen molar-refractivity contribution in [3.63, 3.8) is 0 Å². The molecule has 6 rings (SSSR count). The zero-order chi connectivity index (χ0) is 37.9. The van der Waals surface area contributed by atoms with Crippen LogP contribution in [0.3, 0.4) is 0 Å². The number of unbranched alkanes of at least 4 members (excludes halogenated alkanes) is 8. The van der Waals surface area contributed by atoms with Crippen molar-refractivity contribution < 1.29 is 28.5 Å². The maximum Gasteiger partial charge on any atom is 0.513 e. The minimum absolute atomic E-state index is 0.329. The van der Waals surface area contributed by atoms with E-state index in [0.29, 0.717) is 24.7 Å². The fraction of sp³-hybridized carbons (Fsp3) is 0.375. The monoisotopic (exact) mass is 726 g/mol. The van der Waals surface area contributed by atoms with E-state index in [9.17, 15) is 9.59 Å². The molecule has 0 saturated carbocycles. The van der Waals surface area contributed by atoms with Crippen molar-refractivity contribution in [3.8, 4) is 22.6 Å². The molecular weight excluding hydrogens is 673 g/mol. The minimum atomic E-state index is -0.693. The first kappa shape index (κ1) is 38.6. The Labute approximate surface area is 319 Å². The molecule has 0 amide bonds. The molecule has 0 bridgehead atoms. The number of hydrogen-bond donors (Lipinski definition) is 0. The summed E-state index contributed by atoms with van der Waals surface area (Å²) in [5, 5.41) is 7.13. The molecule has 0 fully saturated rings. The van der Waals surface area contributed by atoms with Crippen LogP contribution in [0.4, 0.5) is 9.59 Å². The SMILES string of the molecule is CCCCCCCOC(=O)Oc1c2ccccc2c(-c2c3ccccc3c(OC(=O)OCCCCCCC)c3ccc(CC)cc23)c2cc(CC)ccc12. The van der Waals surface area contributed by atoms with Crippen LogP contribution in [0.2, 0.25) is 0 Å². The highest BCUT2D eigenvalue weighted by molar-refractivity contribution is 6.27. The number of ether oxygens (including phenoxy) is 4. The van der Waals surface area contributed by atoms with Gasteiger partial charge in [0, 0.05) is 21.5 Å². The Bertz CT molecular complexity index is 2080. The summed E-state index contributed by atoms with van der Waals surface area (Å²) in [7, 11) is 0. The van der Waals surface area contributed by atoms with Crippen LogP contribution < -0.4 is 9.47 Å². The number of benzene rings is 6. The zero-order valence-corrected chi connectivity index (χ0v) is 32.4. The summed E-state index contributed by atoms with van der Waals surface area (Å²) < 4.78 is 23.5. The van der Waals surface area contributed by atoms with Gasteiger partial charge in [-0.05, 0) is 69.5 Å². The second kappa shape index (κ2) is 18.8. The average Bonchev–Trinajstić information content (AvgIpc) is 3.20. The Balaban J connectivity index is 1.52. The number of rotatable bonds is 17. The summed E-state index contributed by atoms with van der Waals surface area (Å²) in [6.07, 6.45) is 10.9. The van der Waals surface area contributed by atoms with Crippen molar-refractivity contribution in [2.75, 3.05) is 13.2 Å². The molecule has 0 saturated heterocycles. The third-order valence-corrected chi connectivity index (χ3v) is 10.5. The van der Waals surface area contributed by atoms with Crippen molar-refractivity contribution in [2.45, 2.75) is 105 Å². The molecule has 0 radical (unpaired) electrons. The van der Waals surface area contributed by atoms with Crippen molar-refractivity contribution in [1.82, 2.24) is 0 Å². The normalized spacial score (nSPS) is 11.4. The second-order valence-corrected chi connectivity index (χ2v) is 14.2. The Morgan fingerprint density at radius 2 is 0.796 bits per heavy atom. The molecule has 0 aliphatic heterocycles. The van der Waals surface area contributed by atoms with E-state index in [-0.39, 0.29) is 0 Å². The summed E-state index contributed by atoms with van der Waals surface area (Å²) in [4.78, 5) is 26.5. The first-order valence-electron chi connectivity index (χ1n) is 20.1. The van der Waals surface area contributed by atoms with Crippen molar-refractivity contribution in [2.24, 2.45) is 0 Å². The van der Waals surface area contributed by atoms with Gasteiger partial charge in [-0.2, -0.15) is 0 Å². The third-order valence-electron chi connectivity index (χ3n) is 10.5. The van der Waals surface area contributed by atoms with Crippen molar-refractivity contribution >= 4 is 55.4 Å². The number of hydrogen-bond acceptors (Lipinski definition) is 6. The quantitative estimate of drug-likeness (QED) is 0.0403. The maximum absolute atomic E-state index is 13.2. The molecule has 0 spiro atoms. The highest BCUT2D eigenvalue weighted by Gasteiger charge is 2.25. The molecular formula is C48H54O6. The van der Waals surface area contributed by atoms with Crippen molar-refractivity contribution in [3.05, 3.63) is 96.1 Å². The molecule has 6 heteroatoms. The molecule has 0 aliphatic rings. The van der Waals surface area contributed by atoms with Crippen LogP contribution in [0.1, 0.15) is 103 Å². The molecule has 0 N–H and O–H groups in total. The molecule has 54 heavy (non-hydrogen) atoms. The summed E-state index contributed by atoms with van der Waals surface area (Å²) in [6.45, 7) is 9.32. The molecule has 0 aliphatic carbocycles. The van der Waals surface area contributed by atoms with E-state index in [4.69, 9.17) is 18.9 Å². The van der Waals surface area contributed by atoms with Crippen LogP contribution in [0.15, 0.2) is 84.9 Å². The zero-order valence-electron chi connectivity index (χ0n) is 32.4. The summed E-state index contributed by atoms with van der Waals surface area (Å²) in [5.74, 6) is 0.978. The highest BCUT2D eigenvalue weighted by Crippen LogP contribution is 2.50. The number of carbonyl (C=O) groups excluding carboxylic acids is 2. The lowest BCUT2D eigenvalue weighted by atomic mass is 9.84. The predicted molar refractivity (Wildman–Crippen MR) is 222 cm³/mol. The van der Waals surface area contributed by atoms with Crippen LogP contribution in [0.25, 0.3) is 54.2 Å². The van der Waals surface area contributed by atoms with E-state index in [1.807, 2.05) is 36.4 Å². The van der Waals surface area contributed by atoms with Crippen molar-refractivity contribution in [1.29, 1.82) is 0 Å². The van der Waals surface area contributed by atoms with Gasteiger partial charge in [0.1, 0.15) is 11.5 Å². The first-order chi connectivity index (χ1) is 26.5. The lowest BCUT2D eigenvalue weighted by Gasteiger charge is -2.22. The van der Waals surface area contributed by atoms with E-state index in [1.54, 1.807) is 0 Å². The van der Waals surface area contributed by atoms with Crippen LogP contribution in [0.5, 0.6) is 11.5 Å². The van der Waals surface area contributed by atoms with Gasteiger partial charge in [-0.25, -0.2) is 9.59 Å². The van der Waals surface area contributed by atoms with Gasteiger partial charge in [0.25, 0.3) is 0 Å². The third kappa shape index (κ3) is 8.65. The van der Waals surface area contributed by atoms with E-state index in [2.05, 4.69) is 76.2 Å². The predicted octanol–water partition coefficient (Wildman–Crippen LogP) is 14.1. The summed E-state index contributed by atoms with van der Waals surface area (Å²) in [5.41, 5.74) is 4.39. The van der Waals surface area contributed by atoms with E-state index in [1.165, 1.54) is 24.0 Å². The van der Waals surface area contributed by atoms with Gasteiger partial charge in [0.2, 0.25) is 0 Å². The Hall–Kier alpha value is -5.10. The molecule has 6 aromatic rings. The minimum Gasteiger partial charge on any atom is -0.434 e. The Morgan fingerprint density at radius 1 is 0.426 bits per heavy atom. The number of fused-ring (bicyclic) bond motifs is 4. The lowest BCUT2D eigenvalue weighted by molar-refractivity contribution is 0.0972. The first-order valence-corrected chi connectivity index (χ1v) is 20.1. The van der Waals surface area contributed by atoms with Gasteiger partial charge in [-0.1, -0.05) is 164 Å².